The van der Waals surface area contributed by atoms with Gasteiger partial charge in [-0.05, 0) is 70.9 Å². The lowest BCUT2D eigenvalue weighted by atomic mass is 10.0. The first-order valence-corrected chi connectivity index (χ1v) is 15.7. The fraction of sp³-hybridized carbons (Fsp3) is 0.581. The number of aromatic nitrogens is 3. The van der Waals surface area contributed by atoms with Crippen LogP contribution >= 0.6 is 0 Å². The van der Waals surface area contributed by atoms with Gasteiger partial charge >= 0.3 is 5.97 Å². The van der Waals surface area contributed by atoms with E-state index in [0.29, 0.717) is 58.0 Å². The number of fused-ring (bicyclic) bond motifs is 3. The van der Waals surface area contributed by atoms with Crippen LogP contribution in [0.15, 0.2) is 36.5 Å². The Bertz CT molecular complexity index is 1330. The molecular weight excluding hydrogens is 580 g/mol. The number of likely N-dealkylation sites (N-methyl/N-ethyl adjacent to an activating group) is 1. The molecule has 0 spiro atoms. The van der Waals surface area contributed by atoms with Gasteiger partial charge in [-0.3, -0.25) is 23.9 Å². The molecule has 1 fully saturated rings. The van der Waals surface area contributed by atoms with Crippen molar-refractivity contribution in [3.63, 3.8) is 0 Å². The molecule has 2 aliphatic heterocycles. The van der Waals surface area contributed by atoms with E-state index in [2.05, 4.69) is 31.6 Å². The Morgan fingerprint density at radius 2 is 1.78 bits per heavy atom. The van der Waals surface area contributed by atoms with E-state index in [1.165, 1.54) is 4.90 Å². The first-order chi connectivity index (χ1) is 21.7. The van der Waals surface area contributed by atoms with Crippen LogP contribution in [0.4, 0.5) is 0 Å². The van der Waals surface area contributed by atoms with Crippen molar-refractivity contribution in [1.29, 1.82) is 0 Å². The molecule has 14 nitrogen and oxygen atoms in total. The van der Waals surface area contributed by atoms with Gasteiger partial charge in [0.1, 0.15) is 24.2 Å². The number of carboxylic acids is 1. The third kappa shape index (κ3) is 9.33. The molecule has 4 rings (SSSR count). The number of hydrogen-bond donors (Lipinski definition) is 5. The number of amides is 4. The van der Waals surface area contributed by atoms with Crippen molar-refractivity contribution in [2.45, 2.75) is 101 Å². The Kier molecular flexibility index (Phi) is 12.0. The molecule has 3 heterocycles. The maximum atomic E-state index is 13.9. The topological polar surface area (TPSA) is 188 Å². The van der Waals surface area contributed by atoms with E-state index in [1.807, 2.05) is 36.5 Å². The van der Waals surface area contributed by atoms with Gasteiger partial charge in [0.25, 0.3) is 0 Å². The van der Waals surface area contributed by atoms with Crippen LogP contribution in [0.1, 0.15) is 63.1 Å². The van der Waals surface area contributed by atoms with Gasteiger partial charge in [0.05, 0.1) is 11.7 Å². The summed E-state index contributed by atoms with van der Waals surface area (Å²) in [5.74, 6) is -2.96. The van der Waals surface area contributed by atoms with E-state index < -0.39 is 48.0 Å². The number of carbonyl (C=O) groups is 5. The van der Waals surface area contributed by atoms with Crippen LogP contribution in [0, 0.1) is 0 Å². The second-order valence-corrected chi connectivity index (χ2v) is 11.8. The molecule has 2 aromatic rings. The summed E-state index contributed by atoms with van der Waals surface area (Å²) in [6, 6.07) is 4.70. The van der Waals surface area contributed by atoms with E-state index >= 15 is 0 Å². The zero-order valence-electron chi connectivity index (χ0n) is 25.9. The molecule has 0 unspecified atom stereocenters. The number of benzene rings is 1. The number of carboxylic acid groups (broad SMARTS) is 1. The normalized spacial score (nSPS) is 24.6. The zero-order chi connectivity index (χ0) is 32.3. The molecule has 5 N–H and O–H groups in total. The molecule has 4 amide bonds. The Morgan fingerprint density at radius 3 is 2.51 bits per heavy atom. The summed E-state index contributed by atoms with van der Waals surface area (Å²) in [5, 5.41) is 29.4. The molecule has 14 heteroatoms. The molecule has 244 valence electrons. The third-order valence-corrected chi connectivity index (χ3v) is 8.45. The maximum absolute atomic E-state index is 13.9. The van der Waals surface area contributed by atoms with Gasteiger partial charge in [0, 0.05) is 25.7 Å². The molecule has 2 bridgehead atoms. The van der Waals surface area contributed by atoms with Crippen LogP contribution in [0.25, 0.3) is 0 Å². The lowest BCUT2D eigenvalue weighted by Gasteiger charge is -2.30. The number of aliphatic carboxylic acids is 1. The zero-order valence-corrected chi connectivity index (χ0v) is 25.9. The summed E-state index contributed by atoms with van der Waals surface area (Å²) in [6.45, 7) is 2.55. The van der Waals surface area contributed by atoms with Gasteiger partial charge in [0.2, 0.25) is 23.6 Å². The predicted molar refractivity (Wildman–Crippen MR) is 164 cm³/mol. The first-order valence-electron chi connectivity index (χ1n) is 15.7. The Morgan fingerprint density at radius 1 is 1.00 bits per heavy atom. The monoisotopic (exact) mass is 624 g/mol. The van der Waals surface area contributed by atoms with Crippen LogP contribution in [0.3, 0.4) is 0 Å². The minimum Gasteiger partial charge on any atom is -0.480 e. The lowest BCUT2D eigenvalue weighted by molar-refractivity contribution is -0.143. The fourth-order valence-corrected chi connectivity index (χ4v) is 5.72. The predicted octanol–water partition coefficient (Wildman–Crippen LogP) is 0.165. The van der Waals surface area contributed by atoms with Crippen LogP contribution in [-0.2, 0) is 43.4 Å². The van der Waals surface area contributed by atoms with Gasteiger partial charge in [-0.25, -0.2) is 4.79 Å². The third-order valence-electron chi connectivity index (χ3n) is 8.45. The lowest BCUT2D eigenvalue weighted by Crippen LogP contribution is -2.58. The summed E-state index contributed by atoms with van der Waals surface area (Å²) >= 11 is 0. The van der Waals surface area contributed by atoms with Crippen LogP contribution in [-0.4, -0.2) is 98.4 Å². The average molecular weight is 625 g/mol. The van der Waals surface area contributed by atoms with Gasteiger partial charge in [-0.1, -0.05) is 35.5 Å². The average Bonchev–Trinajstić information content (AvgIpc) is 3.71. The smallest absolute Gasteiger partial charge is 0.326 e. The van der Waals surface area contributed by atoms with Gasteiger partial charge in [-0.2, -0.15) is 0 Å². The quantitative estimate of drug-likeness (QED) is 0.298. The van der Waals surface area contributed by atoms with Crippen molar-refractivity contribution >= 4 is 29.6 Å². The first kappa shape index (κ1) is 33.6. The molecule has 2 aliphatic rings. The summed E-state index contributed by atoms with van der Waals surface area (Å²) in [7, 11) is 1.66. The summed E-state index contributed by atoms with van der Waals surface area (Å²) in [4.78, 5) is 67.5. The van der Waals surface area contributed by atoms with E-state index in [-0.39, 0.29) is 24.7 Å². The van der Waals surface area contributed by atoms with Crippen molar-refractivity contribution in [3.05, 3.63) is 47.8 Å². The molecule has 1 aromatic carbocycles. The number of aryl methyl sites for hydroxylation is 2. The molecule has 0 aliphatic carbocycles. The van der Waals surface area contributed by atoms with E-state index in [0.717, 1.165) is 11.3 Å². The van der Waals surface area contributed by atoms with Crippen LogP contribution in [0.2, 0.25) is 0 Å². The molecule has 5 atom stereocenters. The Balaban J connectivity index is 1.61. The number of rotatable bonds is 6. The largest absolute Gasteiger partial charge is 0.480 e. The highest BCUT2D eigenvalue weighted by atomic mass is 16.4. The highest BCUT2D eigenvalue weighted by Crippen LogP contribution is 2.21. The molecule has 1 aromatic heterocycles. The highest BCUT2D eigenvalue weighted by Gasteiger charge is 2.39. The summed E-state index contributed by atoms with van der Waals surface area (Å²) in [6.07, 6.45) is 5.72. The van der Waals surface area contributed by atoms with Crippen LogP contribution < -0.4 is 21.3 Å². The van der Waals surface area contributed by atoms with Crippen molar-refractivity contribution in [3.8, 4) is 0 Å². The van der Waals surface area contributed by atoms with Crippen molar-refractivity contribution in [1.82, 2.24) is 41.2 Å². The molecule has 1 saturated heterocycles. The molecule has 0 radical (unpaired) electrons. The van der Waals surface area contributed by atoms with Crippen molar-refractivity contribution in [2.24, 2.45) is 0 Å². The number of nitrogens with zero attached hydrogens (tertiary/aromatic N) is 4. The van der Waals surface area contributed by atoms with Gasteiger partial charge < -0.3 is 31.3 Å². The Labute approximate surface area is 262 Å². The SMILES string of the molecule is CN[C@@H](C)C(=O)N[C@H]1CCCc2cn(nn2)CCCC[C@@H](C(=O)O)NC(=O)[C@H](Cc2ccccc2)NC(=O)[C@@H]2CCCN2C1=O. The van der Waals surface area contributed by atoms with E-state index in [9.17, 15) is 29.1 Å². The maximum Gasteiger partial charge on any atom is 0.326 e. The highest BCUT2D eigenvalue weighted by molar-refractivity contribution is 5.95. The van der Waals surface area contributed by atoms with Gasteiger partial charge in [0.15, 0.2) is 0 Å². The fourth-order valence-electron chi connectivity index (χ4n) is 5.72. The van der Waals surface area contributed by atoms with E-state index in [4.69, 9.17) is 0 Å². The molecular formula is C31H44N8O6. The van der Waals surface area contributed by atoms with Crippen molar-refractivity contribution in [2.75, 3.05) is 13.6 Å². The second-order valence-electron chi connectivity index (χ2n) is 11.8. The summed E-state index contributed by atoms with van der Waals surface area (Å²) in [5.41, 5.74) is 1.52. The Hall–Kier alpha value is -4.33. The van der Waals surface area contributed by atoms with E-state index in [1.54, 1.807) is 18.7 Å². The molecule has 0 saturated carbocycles. The number of carbonyl (C=O) groups excluding carboxylic acids is 4. The molecule has 45 heavy (non-hydrogen) atoms. The minimum absolute atomic E-state index is 0.140. The minimum atomic E-state index is -1.16. The van der Waals surface area contributed by atoms with Crippen molar-refractivity contribution < 1.29 is 29.1 Å². The number of hydrogen-bond acceptors (Lipinski definition) is 8. The summed E-state index contributed by atoms with van der Waals surface area (Å²) < 4.78 is 1.70. The second kappa shape index (κ2) is 16.1. The van der Waals surface area contributed by atoms with Gasteiger partial charge in [-0.15, -0.1) is 5.10 Å². The number of nitrogens with one attached hydrogen (secondary N) is 4. The van der Waals surface area contributed by atoms with Crippen LogP contribution in [0.5, 0.6) is 0 Å². The standard InChI is InChI=1S/C31H44N8O6/c1-20(32-2)27(40)33-23-14-8-12-22-19-38(37-36-22)16-7-6-13-24(31(44)45)34-28(41)25(18-21-10-4-3-5-11-21)35-29(42)26-15-9-17-39(26)30(23)43/h3-5,10-11,19-20,23-26,32H,6-9,12-18H2,1-2H3,(H,33,40)(H,34,41)(H,35,42)(H,44,45)/t20-,23-,24-,25-,26-/m0/s1.